The minimum absolute atomic E-state index is 0.0157. The zero-order valence-corrected chi connectivity index (χ0v) is 23.3. The predicted octanol–water partition coefficient (Wildman–Crippen LogP) is 4.64. The van der Waals surface area contributed by atoms with Crippen LogP contribution < -0.4 is 5.32 Å². The van der Waals surface area contributed by atoms with E-state index in [-0.39, 0.29) is 17.2 Å². The summed E-state index contributed by atoms with van der Waals surface area (Å²) in [5.74, 6) is 2.34. The first-order valence-corrected chi connectivity index (χ1v) is 15.0. The summed E-state index contributed by atoms with van der Waals surface area (Å²) in [4.78, 5) is 31.8. The number of ether oxygens (including phenoxy) is 1. The third-order valence-corrected chi connectivity index (χ3v) is 10.0. The van der Waals surface area contributed by atoms with E-state index in [1.807, 2.05) is 48.2 Å². The molecule has 2 aromatic rings. The molecule has 1 N–H and O–H groups in total. The van der Waals surface area contributed by atoms with Crippen LogP contribution in [0.1, 0.15) is 56.6 Å². The molecular weight excluding hydrogens is 486 g/mol. The largest absolute Gasteiger partial charge is 0.371 e. The molecule has 0 aromatic heterocycles. The van der Waals surface area contributed by atoms with Gasteiger partial charge < -0.3 is 15.0 Å². The number of hydrogen-bond donors (Lipinski definition) is 1. The van der Waals surface area contributed by atoms with Gasteiger partial charge >= 0.3 is 0 Å². The number of carbonyl (C=O) groups is 2. The van der Waals surface area contributed by atoms with Gasteiger partial charge in [0.1, 0.15) is 6.04 Å². The molecule has 4 atom stereocenters. The molecule has 5 fully saturated rings. The minimum Gasteiger partial charge on any atom is -0.371 e. The van der Waals surface area contributed by atoms with Crippen LogP contribution in [0.4, 0.5) is 0 Å². The highest BCUT2D eigenvalue weighted by Crippen LogP contribution is 2.66. The molecule has 0 radical (unpaired) electrons. The van der Waals surface area contributed by atoms with Crippen LogP contribution in [-0.2, 0) is 27.5 Å². The van der Waals surface area contributed by atoms with Gasteiger partial charge in [0.25, 0.3) is 0 Å². The normalized spacial score (nSPS) is 29.4. The second-order valence-electron chi connectivity index (χ2n) is 12.7. The van der Waals surface area contributed by atoms with Crippen molar-refractivity contribution in [1.82, 2.24) is 15.1 Å². The average molecular weight is 530 g/mol. The Balaban J connectivity index is 1.10. The van der Waals surface area contributed by atoms with Crippen molar-refractivity contribution < 1.29 is 14.3 Å². The second-order valence-corrected chi connectivity index (χ2v) is 12.7. The van der Waals surface area contributed by atoms with Crippen LogP contribution in [0.25, 0.3) is 0 Å². The predicted molar refractivity (Wildman–Crippen MR) is 152 cm³/mol. The molecule has 39 heavy (non-hydrogen) atoms. The summed E-state index contributed by atoms with van der Waals surface area (Å²) in [6, 6.07) is 19.8. The number of amides is 2. The van der Waals surface area contributed by atoms with Crippen molar-refractivity contribution in [2.75, 3.05) is 26.2 Å². The highest BCUT2D eigenvalue weighted by molar-refractivity contribution is 5.88. The van der Waals surface area contributed by atoms with Crippen molar-refractivity contribution in [3.8, 4) is 0 Å². The van der Waals surface area contributed by atoms with E-state index >= 15 is 0 Å². The molecule has 1 aliphatic heterocycles. The van der Waals surface area contributed by atoms with E-state index < -0.39 is 12.1 Å². The zero-order valence-electron chi connectivity index (χ0n) is 23.3. The molecule has 2 amide bonds. The minimum atomic E-state index is -0.672. The number of nitrogens with one attached hydrogen (secondary N) is 1. The van der Waals surface area contributed by atoms with Crippen LogP contribution in [0, 0.1) is 23.2 Å². The molecule has 4 aliphatic carbocycles. The van der Waals surface area contributed by atoms with Crippen LogP contribution in [0.15, 0.2) is 60.7 Å². The Morgan fingerprint density at radius 1 is 0.897 bits per heavy atom. The highest BCUT2D eigenvalue weighted by Gasteiger charge is 2.58. The lowest BCUT2D eigenvalue weighted by atomic mass is 9.73. The standard InChI is InChI=1S/C33H43N3O3/c1-24(39-23-26-10-6-3-7-11-26)31(34-30(37)21-33-19-27-16-28(20-33)18-29(33)17-27)32(38)36-14-12-35(13-15-36)22-25-8-4-2-5-9-25/h2-11,24,27-29,31H,12-23H2,1H3,(H,34,37). The topological polar surface area (TPSA) is 61.9 Å². The summed E-state index contributed by atoms with van der Waals surface area (Å²) in [6.45, 7) is 6.23. The van der Waals surface area contributed by atoms with Gasteiger partial charge in [-0.25, -0.2) is 0 Å². The van der Waals surface area contributed by atoms with E-state index in [1.165, 1.54) is 37.7 Å². The first-order valence-electron chi connectivity index (χ1n) is 15.0. The lowest BCUT2D eigenvalue weighted by molar-refractivity contribution is -0.143. The Morgan fingerprint density at radius 3 is 2.15 bits per heavy atom. The van der Waals surface area contributed by atoms with Gasteiger partial charge in [-0.15, -0.1) is 0 Å². The number of carbonyl (C=O) groups excluding carboxylic acids is 2. The van der Waals surface area contributed by atoms with Gasteiger partial charge in [0.15, 0.2) is 0 Å². The van der Waals surface area contributed by atoms with Crippen LogP contribution >= 0.6 is 0 Å². The van der Waals surface area contributed by atoms with Gasteiger partial charge in [0.2, 0.25) is 11.8 Å². The fraction of sp³-hybridized carbons (Fsp3) is 0.576. The Kier molecular flexibility index (Phi) is 7.77. The maximum absolute atomic E-state index is 13.9. The van der Waals surface area contributed by atoms with Crippen molar-refractivity contribution in [3.05, 3.63) is 71.8 Å². The first kappa shape index (κ1) is 26.5. The summed E-state index contributed by atoms with van der Waals surface area (Å²) in [5, 5.41) is 3.20. The van der Waals surface area contributed by atoms with Crippen LogP contribution in [-0.4, -0.2) is 59.9 Å². The lowest BCUT2D eigenvalue weighted by Gasteiger charge is -2.38. The molecule has 4 unspecified atom stereocenters. The Labute approximate surface area is 233 Å². The number of hydrogen-bond acceptors (Lipinski definition) is 4. The van der Waals surface area contributed by atoms with Gasteiger partial charge in [-0.05, 0) is 73.3 Å². The lowest BCUT2D eigenvalue weighted by Crippen LogP contribution is -2.58. The third-order valence-electron chi connectivity index (χ3n) is 10.0. The van der Waals surface area contributed by atoms with Gasteiger partial charge in [-0.2, -0.15) is 0 Å². The van der Waals surface area contributed by atoms with Gasteiger partial charge in [-0.3, -0.25) is 14.5 Å². The van der Waals surface area contributed by atoms with Gasteiger partial charge in [0, 0.05) is 39.1 Å². The van der Waals surface area contributed by atoms with Crippen molar-refractivity contribution >= 4 is 11.8 Å². The molecule has 5 aliphatic rings. The fourth-order valence-electron chi connectivity index (χ4n) is 8.24. The molecule has 208 valence electrons. The fourth-order valence-corrected chi connectivity index (χ4v) is 8.24. The molecule has 1 saturated heterocycles. The smallest absolute Gasteiger partial charge is 0.247 e. The molecular formula is C33H43N3O3. The number of rotatable bonds is 10. The van der Waals surface area contributed by atoms with Crippen LogP contribution in [0.2, 0.25) is 0 Å². The first-order chi connectivity index (χ1) is 19.0. The molecule has 6 heteroatoms. The quantitative estimate of drug-likeness (QED) is 0.487. The summed E-state index contributed by atoms with van der Waals surface area (Å²) in [5.41, 5.74) is 2.52. The van der Waals surface area contributed by atoms with Crippen molar-refractivity contribution in [3.63, 3.8) is 0 Å². The number of nitrogens with zero attached hydrogens (tertiary/aromatic N) is 2. The summed E-state index contributed by atoms with van der Waals surface area (Å²) < 4.78 is 6.21. The maximum atomic E-state index is 13.9. The maximum Gasteiger partial charge on any atom is 0.247 e. The summed E-state index contributed by atoms with van der Waals surface area (Å²) >= 11 is 0. The third kappa shape index (κ3) is 5.92. The van der Waals surface area contributed by atoms with E-state index in [4.69, 9.17) is 4.74 Å². The van der Waals surface area contributed by atoms with E-state index in [0.717, 1.165) is 37.0 Å². The second kappa shape index (κ2) is 11.4. The monoisotopic (exact) mass is 529 g/mol. The summed E-state index contributed by atoms with van der Waals surface area (Å²) in [7, 11) is 0. The molecule has 6 nitrogen and oxygen atoms in total. The van der Waals surface area contributed by atoms with Crippen molar-refractivity contribution in [1.29, 1.82) is 0 Å². The number of benzene rings is 2. The van der Waals surface area contributed by atoms with E-state index in [2.05, 4.69) is 34.5 Å². The van der Waals surface area contributed by atoms with E-state index in [1.54, 1.807) is 0 Å². The summed E-state index contributed by atoms with van der Waals surface area (Å²) in [6.07, 6.45) is 6.50. The molecule has 4 bridgehead atoms. The average Bonchev–Trinajstić information content (AvgIpc) is 3.33. The van der Waals surface area contributed by atoms with Crippen LogP contribution in [0.5, 0.6) is 0 Å². The molecule has 1 heterocycles. The molecule has 0 spiro atoms. The Hall–Kier alpha value is -2.70. The van der Waals surface area contributed by atoms with Crippen LogP contribution in [0.3, 0.4) is 0 Å². The van der Waals surface area contributed by atoms with Crippen molar-refractivity contribution in [2.24, 2.45) is 23.2 Å². The molecule has 4 saturated carbocycles. The Morgan fingerprint density at radius 2 is 1.51 bits per heavy atom. The van der Waals surface area contributed by atoms with E-state index in [0.29, 0.717) is 32.0 Å². The van der Waals surface area contributed by atoms with Gasteiger partial charge in [-0.1, -0.05) is 60.7 Å². The number of piperazine rings is 1. The molecule has 2 aromatic carbocycles. The molecule has 7 rings (SSSR count). The zero-order chi connectivity index (χ0) is 26.8. The van der Waals surface area contributed by atoms with Crippen molar-refractivity contribution in [2.45, 2.75) is 70.7 Å². The highest BCUT2D eigenvalue weighted by atomic mass is 16.5. The van der Waals surface area contributed by atoms with E-state index in [9.17, 15) is 9.59 Å². The Bertz CT molecular complexity index is 1120. The van der Waals surface area contributed by atoms with Gasteiger partial charge in [0.05, 0.1) is 12.7 Å². The SMILES string of the molecule is CC(OCc1ccccc1)C(NC(=O)CC12CC3CC(CC1C3)C2)C(=O)N1CCN(Cc2ccccc2)CC1.